The molecule has 3 aliphatic rings. The monoisotopic (exact) mass is 317 g/mol. The van der Waals surface area contributed by atoms with E-state index in [1.54, 1.807) is 10.4 Å². The van der Waals surface area contributed by atoms with Crippen molar-refractivity contribution in [3.05, 3.63) is 34.2 Å². The molecule has 0 aromatic heterocycles. The minimum Gasteiger partial charge on any atom is -0.331 e. The minimum absolute atomic E-state index is 0.214. The van der Waals surface area contributed by atoms with E-state index < -0.39 is 16.1 Å². The summed E-state index contributed by atoms with van der Waals surface area (Å²) in [5.74, 6) is 0.671. The van der Waals surface area contributed by atoms with Gasteiger partial charge in [-0.15, -0.1) is 0 Å². The van der Waals surface area contributed by atoms with Gasteiger partial charge in [-0.1, -0.05) is 61.8 Å². The highest BCUT2D eigenvalue weighted by Crippen LogP contribution is 2.46. The summed E-state index contributed by atoms with van der Waals surface area (Å²) in [4.78, 5) is 14.3. The van der Waals surface area contributed by atoms with Crippen LogP contribution in [0, 0.1) is 5.92 Å². The van der Waals surface area contributed by atoms with Gasteiger partial charge in [-0.25, -0.2) is 0 Å². The lowest BCUT2D eigenvalue weighted by Gasteiger charge is -2.44. The Hall–Kier alpha value is -0.876. The minimum atomic E-state index is -1.41. The normalized spacial score (nSPS) is 29.0. The molecule has 4 heteroatoms. The van der Waals surface area contributed by atoms with Crippen LogP contribution in [0.5, 0.6) is 0 Å². The first-order valence-electron chi connectivity index (χ1n) is 8.05. The van der Waals surface area contributed by atoms with Crippen LogP contribution in [-0.4, -0.2) is 39.5 Å². The number of allylic oxidation sites excluding steroid dienone is 2. The quantitative estimate of drug-likeness (QED) is 0.710. The lowest BCUT2D eigenvalue weighted by molar-refractivity contribution is -0.127. The largest absolute Gasteiger partial charge is 0.331 e. The number of nitrogens with zero attached hydrogens (tertiary/aromatic N) is 1. The number of hydrogen-bond acceptors (Lipinski definition) is 1. The number of hydrogen-bond donors (Lipinski definition) is 0. The fourth-order valence-corrected chi connectivity index (χ4v) is 10.2. The summed E-state index contributed by atoms with van der Waals surface area (Å²) in [7, 11) is -2.77. The van der Waals surface area contributed by atoms with E-state index in [2.05, 4.69) is 56.3 Å². The molecule has 0 aromatic carbocycles. The van der Waals surface area contributed by atoms with Crippen molar-refractivity contribution in [1.29, 1.82) is 0 Å². The second-order valence-electron chi connectivity index (χ2n) is 8.66. The molecule has 1 fully saturated rings. The first-order chi connectivity index (χ1) is 9.60. The van der Waals surface area contributed by atoms with Crippen LogP contribution >= 0.6 is 0 Å². The van der Waals surface area contributed by atoms with Crippen molar-refractivity contribution >= 4 is 22.1 Å². The van der Waals surface area contributed by atoms with E-state index >= 15 is 0 Å². The van der Waals surface area contributed by atoms with Crippen molar-refractivity contribution in [2.45, 2.75) is 51.7 Å². The average molecular weight is 318 g/mol. The molecule has 2 heterocycles. The molecule has 3 rings (SSSR count). The van der Waals surface area contributed by atoms with E-state index in [0.717, 1.165) is 13.0 Å². The first kappa shape index (κ1) is 15.0. The van der Waals surface area contributed by atoms with Gasteiger partial charge in [-0.3, -0.25) is 4.79 Å². The molecular weight excluding hydrogens is 290 g/mol. The van der Waals surface area contributed by atoms with Crippen LogP contribution in [0.15, 0.2) is 34.2 Å². The topological polar surface area (TPSA) is 20.3 Å². The highest BCUT2D eigenvalue weighted by molar-refractivity contribution is 6.89. The molecule has 0 aromatic rings. The lowest BCUT2D eigenvalue weighted by atomic mass is 9.86. The summed E-state index contributed by atoms with van der Waals surface area (Å²) in [6.07, 6.45) is 7.63. The summed E-state index contributed by atoms with van der Waals surface area (Å²) in [5, 5.41) is 3.39. The summed E-state index contributed by atoms with van der Waals surface area (Å²) in [6.45, 7) is 15.7. The van der Waals surface area contributed by atoms with Gasteiger partial charge in [0, 0.05) is 12.5 Å². The fraction of sp³-hybridized carbons (Fsp3) is 0.588. The summed E-state index contributed by atoms with van der Waals surface area (Å²) in [5.41, 5.74) is 1.51. The molecule has 1 aliphatic carbocycles. The Morgan fingerprint density at radius 1 is 1.10 bits per heavy atom. The molecule has 21 heavy (non-hydrogen) atoms. The van der Waals surface area contributed by atoms with Gasteiger partial charge >= 0.3 is 0 Å². The summed E-state index contributed by atoms with van der Waals surface area (Å²) < 4.78 is 0. The van der Waals surface area contributed by atoms with Crippen LogP contribution < -0.4 is 0 Å². The van der Waals surface area contributed by atoms with E-state index in [0.29, 0.717) is 12.0 Å². The smallest absolute Gasteiger partial charge is 0.246 e. The molecule has 2 nitrogen and oxygen atoms in total. The second kappa shape index (κ2) is 4.56. The Labute approximate surface area is 130 Å². The molecule has 1 saturated heterocycles. The van der Waals surface area contributed by atoms with Crippen LogP contribution in [0.2, 0.25) is 39.3 Å². The third-order valence-electron chi connectivity index (χ3n) is 5.00. The SMILES string of the molecule is C[Si](C)(C)C1=C([Si](C)(C)C)[C@@H]2C=CC(=O)N3CCC(=C1)[C@H]23. The molecule has 1 amide bonds. The molecule has 0 saturated carbocycles. The number of carbonyl (C=O) groups is 1. The van der Waals surface area contributed by atoms with Crippen LogP contribution in [0.4, 0.5) is 0 Å². The standard InChI is InChI=1S/C17H27NOSi2/c1-20(2,3)14-11-12-9-10-18-15(19)8-7-13(16(12)18)17(14)21(4,5)6/h7-8,11,13,16H,9-10H2,1-6H3/t13-,16-/m1/s1. The van der Waals surface area contributed by atoms with Crippen molar-refractivity contribution < 1.29 is 4.79 Å². The van der Waals surface area contributed by atoms with Crippen molar-refractivity contribution in [2.24, 2.45) is 5.92 Å². The van der Waals surface area contributed by atoms with Crippen molar-refractivity contribution in [3.8, 4) is 0 Å². The van der Waals surface area contributed by atoms with Crippen molar-refractivity contribution in [2.75, 3.05) is 6.54 Å². The Morgan fingerprint density at radius 2 is 1.76 bits per heavy atom. The van der Waals surface area contributed by atoms with Gasteiger partial charge in [0.1, 0.15) is 0 Å². The Morgan fingerprint density at radius 3 is 2.33 bits per heavy atom. The number of carbonyl (C=O) groups excluding carboxylic acids is 1. The maximum atomic E-state index is 12.2. The van der Waals surface area contributed by atoms with Crippen molar-refractivity contribution in [3.63, 3.8) is 0 Å². The maximum absolute atomic E-state index is 12.2. The van der Waals surface area contributed by atoms with Gasteiger partial charge < -0.3 is 4.90 Å². The molecule has 2 aliphatic heterocycles. The van der Waals surface area contributed by atoms with Gasteiger partial charge in [-0.05, 0) is 18.1 Å². The van der Waals surface area contributed by atoms with Crippen LogP contribution in [0.3, 0.4) is 0 Å². The average Bonchev–Trinajstić information content (AvgIpc) is 2.75. The predicted molar refractivity (Wildman–Crippen MR) is 94.5 cm³/mol. The molecule has 2 atom stereocenters. The van der Waals surface area contributed by atoms with E-state index in [1.807, 2.05) is 6.08 Å². The van der Waals surface area contributed by atoms with Gasteiger partial charge in [-0.2, -0.15) is 0 Å². The van der Waals surface area contributed by atoms with Crippen LogP contribution in [0.1, 0.15) is 6.42 Å². The van der Waals surface area contributed by atoms with E-state index in [4.69, 9.17) is 0 Å². The molecule has 0 unspecified atom stereocenters. The third kappa shape index (κ3) is 2.32. The van der Waals surface area contributed by atoms with Crippen molar-refractivity contribution in [1.82, 2.24) is 4.90 Å². The zero-order valence-electron chi connectivity index (χ0n) is 14.2. The molecule has 0 bridgehead atoms. The summed E-state index contributed by atoms with van der Waals surface area (Å²) in [6, 6.07) is 0.337. The van der Waals surface area contributed by atoms with E-state index in [1.165, 1.54) is 5.57 Å². The third-order valence-corrected chi connectivity index (χ3v) is 9.49. The van der Waals surface area contributed by atoms with Gasteiger partial charge in [0.05, 0.1) is 22.2 Å². The number of amides is 1. The van der Waals surface area contributed by atoms with Gasteiger partial charge in [0.15, 0.2) is 0 Å². The molecule has 114 valence electrons. The van der Waals surface area contributed by atoms with E-state index in [9.17, 15) is 4.79 Å². The van der Waals surface area contributed by atoms with E-state index in [-0.39, 0.29) is 5.91 Å². The lowest BCUT2D eigenvalue weighted by Crippen LogP contribution is -2.49. The highest BCUT2D eigenvalue weighted by Gasteiger charge is 2.47. The molecule has 0 radical (unpaired) electrons. The predicted octanol–water partition coefficient (Wildman–Crippen LogP) is 3.76. The molecular formula is C17H27NOSi2. The molecule has 0 spiro atoms. The Kier molecular flexibility index (Phi) is 3.26. The Bertz CT molecular complexity index is 587. The Balaban J connectivity index is 2.23. The zero-order valence-corrected chi connectivity index (χ0v) is 16.2. The van der Waals surface area contributed by atoms with Crippen LogP contribution in [-0.2, 0) is 4.79 Å². The maximum Gasteiger partial charge on any atom is 0.246 e. The molecule has 0 N–H and O–H groups in total. The number of rotatable bonds is 2. The highest BCUT2D eigenvalue weighted by atomic mass is 28.3. The second-order valence-corrected chi connectivity index (χ2v) is 18.7. The fourth-order valence-electron chi connectivity index (χ4n) is 4.17. The van der Waals surface area contributed by atoms with Crippen LogP contribution in [0.25, 0.3) is 0 Å². The first-order valence-corrected chi connectivity index (χ1v) is 15.0. The zero-order chi connectivity index (χ0) is 15.6. The summed E-state index contributed by atoms with van der Waals surface area (Å²) >= 11 is 0. The van der Waals surface area contributed by atoms with Gasteiger partial charge in [0.2, 0.25) is 5.91 Å². The van der Waals surface area contributed by atoms with Gasteiger partial charge in [0.25, 0.3) is 0 Å².